The van der Waals surface area contributed by atoms with E-state index in [1.54, 1.807) is 13.2 Å². The molecular formula is C21H22O3. The van der Waals surface area contributed by atoms with Crippen LogP contribution in [0.1, 0.15) is 42.5 Å². The summed E-state index contributed by atoms with van der Waals surface area (Å²) in [4.78, 5) is 12.2. The smallest absolute Gasteiger partial charge is 0.315 e. The number of hydrogen-bond donors (Lipinski definition) is 0. The third kappa shape index (κ3) is 3.21. The van der Waals surface area contributed by atoms with Crippen molar-refractivity contribution >= 4 is 17.6 Å². The molecule has 2 aromatic carbocycles. The normalized spacial score (nSPS) is 13.6. The number of hydrogen-bond acceptors (Lipinski definition) is 3. The van der Waals surface area contributed by atoms with E-state index in [-0.39, 0.29) is 12.4 Å². The molecule has 2 aromatic rings. The number of methoxy groups -OCH3 is 1. The monoisotopic (exact) mass is 322 g/mol. The molecule has 0 aliphatic carbocycles. The highest BCUT2D eigenvalue weighted by Gasteiger charge is 2.19. The fourth-order valence-corrected chi connectivity index (χ4v) is 3.05. The predicted molar refractivity (Wildman–Crippen MR) is 96.3 cm³/mol. The van der Waals surface area contributed by atoms with Gasteiger partial charge in [0.2, 0.25) is 0 Å². The fourth-order valence-electron chi connectivity index (χ4n) is 3.05. The zero-order valence-electron chi connectivity index (χ0n) is 14.4. The zero-order chi connectivity index (χ0) is 17.1. The van der Waals surface area contributed by atoms with Crippen LogP contribution in [0.2, 0.25) is 0 Å². The molecule has 1 aliphatic heterocycles. The molecule has 124 valence electrons. The van der Waals surface area contributed by atoms with Gasteiger partial charge in [-0.3, -0.25) is 4.79 Å². The van der Waals surface area contributed by atoms with Gasteiger partial charge in [0.15, 0.2) is 0 Å². The van der Waals surface area contributed by atoms with Crippen LogP contribution in [0.4, 0.5) is 0 Å². The molecule has 3 nitrogen and oxygen atoms in total. The van der Waals surface area contributed by atoms with Crippen molar-refractivity contribution in [2.75, 3.05) is 7.11 Å². The van der Waals surface area contributed by atoms with E-state index in [1.807, 2.05) is 12.1 Å². The van der Waals surface area contributed by atoms with Gasteiger partial charge in [0.1, 0.15) is 11.5 Å². The first-order valence-electron chi connectivity index (χ1n) is 8.36. The highest BCUT2D eigenvalue weighted by Crippen LogP contribution is 2.34. The lowest BCUT2D eigenvalue weighted by molar-refractivity contribution is -0.133. The second-order valence-corrected chi connectivity index (χ2v) is 5.92. The van der Waals surface area contributed by atoms with Crippen molar-refractivity contribution in [1.82, 2.24) is 0 Å². The quantitative estimate of drug-likeness (QED) is 0.606. The van der Waals surface area contributed by atoms with Gasteiger partial charge in [0.05, 0.1) is 13.5 Å². The zero-order valence-corrected chi connectivity index (χ0v) is 14.4. The van der Waals surface area contributed by atoms with Gasteiger partial charge in [0, 0.05) is 11.6 Å². The number of aryl methyl sites for hydroxylation is 2. The first-order valence-corrected chi connectivity index (χ1v) is 8.36. The lowest BCUT2D eigenvalue weighted by Crippen LogP contribution is -2.08. The van der Waals surface area contributed by atoms with Crippen LogP contribution in [0.15, 0.2) is 36.4 Å². The summed E-state index contributed by atoms with van der Waals surface area (Å²) in [6, 6.07) is 12.1. The molecular weight excluding hydrogens is 300 g/mol. The van der Waals surface area contributed by atoms with E-state index in [0.29, 0.717) is 11.5 Å². The molecule has 0 N–H and O–H groups in total. The molecule has 0 bridgehead atoms. The Bertz CT molecular complexity index is 803. The van der Waals surface area contributed by atoms with Crippen LogP contribution in [0, 0.1) is 0 Å². The molecule has 0 atom stereocenters. The van der Waals surface area contributed by atoms with Gasteiger partial charge in [-0.15, -0.1) is 0 Å². The molecule has 0 unspecified atom stereocenters. The summed E-state index contributed by atoms with van der Waals surface area (Å²) in [5, 5.41) is 0. The second kappa shape index (κ2) is 6.91. The Balaban J connectivity index is 2.09. The first kappa shape index (κ1) is 16.3. The molecule has 0 spiro atoms. The lowest BCUT2D eigenvalue weighted by Gasteiger charge is -2.12. The van der Waals surface area contributed by atoms with E-state index in [2.05, 4.69) is 38.1 Å². The Hall–Kier alpha value is -2.55. The molecule has 0 aromatic heterocycles. The number of carbonyl (C=O) groups excluding carboxylic acids is 1. The maximum absolute atomic E-state index is 12.2. The van der Waals surface area contributed by atoms with Gasteiger partial charge in [0.25, 0.3) is 0 Å². The molecule has 1 aliphatic rings. The van der Waals surface area contributed by atoms with Crippen LogP contribution in [-0.4, -0.2) is 13.1 Å². The van der Waals surface area contributed by atoms with E-state index in [0.717, 1.165) is 29.5 Å². The SMILES string of the molecule is CCc1ccc(C2=Cc3ccc(OC)cc3OC(=O)C2)c(CC)c1. The van der Waals surface area contributed by atoms with Gasteiger partial charge in [-0.05, 0) is 53.3 Å². The summed E-state index contributed by atoms with van der Waals surface area (Å²) < 4.78 is 10.7. The third-order valence-electron chi connectivity index (χ3n) is 4.41. The van der Waals surface area contributed by atoms with E-state index >= 15 is 0 Å². The van der Waals surface area contributed by atoms with Crippen LogP contribution in [0.25, 0.3) is 11.6 Å². The highest BCUT2D eigenvalue weighted by molar-refractivity contribution is 5.96. The van der Waals surface area contributed by atoms with Gasteiger partial charge in [-0.25, -0.2) is 0 Å². The number of carbonyl (C=O) groups is 1. The van der Waals surface area contributed by atoms with Crippen LogP contribution in [0.3, 0.4) is 0 Å². The van der Waals surface area contributed by atoms with Crippen molar-refractivity contribution in [2.45, 2.75) is 33.1 Å². The van der Waals surface area contributed by atoms with Crippen molar-refractivity contribution in [1.29, 1.82) is 0 Å². The van der Waals surface area contributed by atoms with Crippen LogP contribution < -0.4 is 9.47 Å². The topological polar surface area (TPSA) is 35.5 Å². The molecule has 1 heterocycles. The molecule has 0 saturated carbocycles. The Kier molecular flexibility index (Phi) is 4.70. The molecule has 24 heavy (non-hydrogen) atoms. The minimum Gasteiger partial charge on any atom is -0.497 e. The van der Waals surface area contributed by atoms with E-state index in [4.69, 9.17) is 9.47 Å². The van der Waals surface area contributed by atoms with Crippen LogP contribution in [-0.2, 0) is 17.6 Å². The summed E-state index contributed by atoms with van der Waals surface area (Å²) >= 11 is 0. The summed E-state index contributed by atoms with van der Waals surface area (Å²) in [6.07, 6.45) is 4.28. The first-order chi connectivity index (χ1) is 11.6. The summed E-state index contributed by atoms with van der Waals surface area (Å²) in [5.74, 6) is 0.993. The average Bonchev–Trinajstić information content (AvgIpc) is 2.78. The molecule has 3 rings (SSSR count). The van der Waals surface area contributed by atoms with Crippen molar-refractivity contribution in [3.05, 3.63) is 58.7 Å². The largest absolute Gasteiger partial charge is 0.497 e. The lowest BCUT2D eigenvalue weighted by atomic mass is 9.92. The third-order valence-corrected chi connectivity index (χ3v) is 4.41. The second-order valence-electron chi connectivity index (χ2n) is 5.92. The van der Waals surface area contributed by atoms with Gasteiger partial charge in [-0.1, -0.05) is 32.0 Å². The summed E-state index contributed by atoms with van der Waals surface area (Å²) in [7, 11) is 1.60. The van der Waals surface area contributed by atoms with Crippen molar-refractivity contribution in [3.63, 3.8) is 0 Å². The predicted octanol–water partition coefficient (Wildman–Crippen LogP) is 4.67. The molecule has 0 saturated heterocycles. The van der Waals surface area contributed by atoms with E-state index in [1.165, 1.54) is 11.1 Å². The molecule has 3 heteroatoms. The van der Waals surface area contributed by atoms with Gasteiger partial charge < -0.3 is 9.47 Å². The Labute approximate surface area is 142 Å². The number of fused-ring (bicyclic) bond motifs is 1. The van der Waals surface area contributed by atoms with Gasteiger partial charge >= 0.3 is 5.97 Å². The van der Waals surface area contributed by atoms with Crippen LogP contribution in [0.5, 0.6) is 11.5 Å². The summed E-state index contributed by atoms with van der Waals surface area (Å²) in [5.41, 5.74) is 5.62. The minimum atomic E-state index is -0.241. The molecule has 0 radical (unpaired) electrons. The van der Waals surface area contributed by atoms with Crippen molar-refractivity contribution < 1.29 is 14.3 Å². The summed E-state index contributed by atoms with van der Waals surface area (Å²) in [6.45, 7) is 4.30. The average molecular weight is 322 g/mol. The number of rotatable bonds is 4. The highest BCUT2D eigenvalue weighted by atomic mass is 16.5. The van der Waals surface area contributed by atoms with Crippen molar-refractivity contribution in [2.24, 2.45) is 0 Å². The van der Waals surface area contributed by atoms with Crippen LogP contribution >= 0.6 is 0 Å². The Morgan fingerprint density at radius 2 is 1.92 bits per heavy atom. The van der Waals surface area contributed by atoms with Crippen molar-refractivity contribution in [3.8, 4) is 11.5 Å². The number of benzene rings is 2. The molecule has 0 amide bonds. The minimum absolute atomic E-state index is 0.241. The Morgan fingerprint density at radius 3 is 2.62 bits per heavy atom. The van der Waals surface area contributed by atoms with E-state index in [9.17, 15) is 4.79 Å². The molecule has 0 fully saturated rings. The number of esters is 1. The number of ether oxygens (including phenoxy) is 2. The maximum Gasteiger partial charge on any atom is 0.315 e. The fraction of sp³-hybridized carbons (Fsp3) is 0.286. The maximum atomic E-state index is 12.2. The van der Waals surface area contributed by atoms with Gasteiger partial charge in [-0.2, -0.15) is 0 Å². The Morgan fingerprint density at radius 1 is 1.08 bits per heavy atom. The van der Waals surface area contributed by atoms with E-state index < -0.39 is 0 Å². The standard InChI is InChI=1S/C21H22O3/c1-4-14-6-9-19(15(5-2)10-14)17-11-16-7-8-18(23-3)13-20(16)24-21(22)12-17/h6-11,13H,4-5,12H2,1-3H3.